The number of aromatic nitrogens is 2. The smallest absolute Gasteiger partial charge is 0.283 e. The van der Waals surface area contributed by atoms with E-state index < -0.39 is 17.4 Å². The summed E-state index contributed by atoms with van der Waals surface area (Å²) >= 11 is 5.97. The molecule has 2 aliphatic rings. The van der Waals surface area contributed by atoms with Crippen LogP contribution in [0.25, 0.3) is 11.1 Å². The van der Waals surface area contributed by atoms with Crippen molar-refractivity contribution in [2.45, 2.75) is 5.54 Å². The normalized spacial score (nSPS) is 19.5. The first-order chi connectivity index (χ1) is 13.5. The zero-order valence-electron chi connectivity index (χ0n) is 14.1. The Kier molecular flexibility index (Phi) is 3.54. The first-order valence-corrected chi connectivity index (χ1v) is 8.64. The highest BCUT2D eigenvalue weighted by Crippen LogP contribution is 2.52. The predicted molar refractivity (Wildman–Crippen MR) is 97.3 cm³/mol. The van der Waals surface area contributed by atoms with Gasteiger partial charge in [-0.1, -0.05) is 17.7 Å². The molecule has 0 saturated heterocycles. The van der Waals surface area contributed by atoms with Crippen molar-refractivity contribution in [3.63, 3.8) is 0 Å². The zero-order valence-corrected chi connectivity index (χ0v) is 14.9. The van der Waals surface area contributed by atoms with Gasteiger partial charge in [-0.25, -0.2) is 15.0 Å². The van der Waals surface area contributed by atoms with Gasteiger partial charge in [0.25, 0.3) is 12.0 Å². The molecule has 1 spiro atoms. The standard InChI is InChI=1S/C19H11ClF2N4O2/c20-14-7-12-15(17(22)25-14)28-13-4-3-9(10-2-1-5-24-16(10)21)6-11(13)19(12)8-27-18(23)26-19/h1-7H,8H2,(H2,23,26)/t19-/m0/s1. The first-order valence-electron chi connectivity index (χ1n) is 8.26. The number of hydrogen-bond donors (Lipinski definition) is 1. The van der Waals surface area contributed by atoms with E-state index in [9.17, 15) is 8.78 Å². The molecule has 0 bridgehead atoms. The Morgan fingerprint density at radius 1 is 1.11 bits per heavy atom. The van der Waals surface area contributed by atoms with E-state index in [-0.39, 0.29) is 23.5 Å². The minimum atomic E-state index is -1.19. The van der Waals surface area contributed by atoms with Crippen molar-refractivity contribution < 1.29 is 18.3 Å². The third-order valence-corrected chi connectivity index (χ3v) is 4.98. The van der Waals surface area contributed by atoms with Crippen LogP contribution in [0.3, 0.4) is 0 Å². The minimum Gasteiger partial charge on any atom is -0.462 e. The average molecular weight is 401 g/mol. The SMILES string of the molecule is NC1=N[C@@]2(CO1)c1cc(-c3cccnc3F)ccc1Oc1c2cc(Cl)nc1F. The van der Waals surface area contributed by atoms with Crippen LogP contribution in [0.15, 0.2) is 47.6 Å². The number of fused-ring (bicyclic) bond motifs is 4. The number of halogens is 3. The van der Waals surface area contributed by atoms with Gasteiger partial charge in [0.05, 0.1) is 0 Å². The maximum Gasteiger partial charge on any atom is 0.283 e. The molecule has 9 heteroatoms. The van der Waals surface area contributed by atoms with Crippen LogP contribution >= 0.6 is 11.6 Å². The molecule has 0 saturated carbocycles. The molecule has 4 heterocycles. The van der Waals surface area contributed by atoms with E-state index in [2.05, 4.69) is 15.0 Å². The second kappa shape index (κ2) is 5.87. The molecule has 1 atom stereocenters. The van der Waals surface area contributed by atoms with Gasteiger partial charge in [-0.05, 0) is 35.9 Å². The highest BCUT2D eigenvalue weighted by molar-refractivity contribution is 6.29. The van der Waals surface area contributed by atoms with Crippen LogP contribution in [0.4, 0.5) is 8.78 Å². The number of benzene rings is 1. The number of nitrogens with two attached hydrogens (primary N) is 1. The zero-order chi connectivity index (χ0) is 19.5. The quantitative estimate of drug-likeness (QED) is 0.629. The van der Waals surface area contributed by atoms with Crippen molar-refractivity contribution in [1.82, 2.24) is 9.97 Å². The van der Waals surface area contributed by atoms with E-state index in [0.29, 0.717) is 28.0 Å². The van der Waals surface area contributed by atoms with Crippen molar-refractivity contribution in [3.8, 4) is 22.6 Å². The molecule has 2 aliphatic heterocycles. The van der Waals surface area contributed by atoms with Gasteiger partial charge < -0.3 is 15.2 Å². The lowest BCUT2D eigenvalue weighted by atomic mass is 9.81. The Hall–Kier alpha value is -3.26. The molecule has 140 valence electrons. The highest BCUT2D eigenvalue weighted by Gasteiger charge is 2.48. The molecular weight excluding hydrogens is 390 g/mol. The van der Waals surface area contributed by atoms with Crippen molar-refractivity contribution in [1.29, 1.82) is 0 Å². The number of pyridine rings is 2. The van der Waals surface area contributed by atoms with Gasteiger partial charge in [-0.3, -0.25) is 0 Å². The summed E-state index contributed by atoms with van der Waals surface area (Å²) in [4.78, 5) is 11.7. The summed E-state index contributed by atoms with van der Waals surface area (Å²) in [5.41, 5.74) is 6.33. The highest BCUT2D eigenvalue weighted by atomic mass is 35.5. The number of ether oxygens (including phenoxy) is 2. The van der Waals surface area contributed by atoms with Crippen LogP contribution < -0.4 is 10.5 Å². The molecule has 2 aromatic heterocycles. The fourth-order valence-electron chi connectivity index (χ4n) is 3.55. The Morgan fingerprint density at radius 2 is 1.96 bits per heavy atom. The molecule has 0 aliphatic carbocycles. The minimum absolute atomic E-state index is 0.0148. The average Bonchev–Trinajstić information content (AvgIpc) is 3.06. The molecular formula is C19H11ClF2N4O2. The van der Waals surface area contributed by atoms with Crippen molar-refractivity contribution >= 4 is 17.6 Å². The maximum atomic E-state index is 14.5. The van der Waals surface area contributed by atoms with Crippen LogP contribution in [-0.2, 0) is 10.3 Å². The summed E-state index contributed by atoms with van der Waals surface area (Å²) in [5, 5.41) is -0.0576. The number of aliphatic imine (C=N–C) groups is 1. The van der Waals surface area contributed by atoms with E-state index >= 15 is 0 Å². The summed E-state index contributed by atoms with van der Waals surface area (Å²) in [7, 11) is 0. The second-order valence-electron chi connectivity index (χ2n) is 6.37. The van der Waals surface area contributed by atoms with E-state index in [1.807, 2.05) is 0 Å². The van der Waals surface area contributed by atoms with Crippen molar-refractivity contribution in [2.75, 3.05) is 6.61 Å². The Bertz CT molecular complexity index is 1170. The van der Waals surface area contributed by atoms with Gasteiger partial charge >= 0.3 is 0 Å². The molecule has 1 aromatic carbocycles. The van der Waals surface area contributed by atoms with Gasteiger partial charge in [0, 0.05) is 22.9 Å². The van der Waals surface area contributed by atoms with Gasteiger partial charge in [0.1, 0.15) is 17.5 Å². The predicted octanol–water partition coefficient (Wildman–Crippen LogP) is 3.77. The number of amidine groups is 1. The van der Waals surface area contributed by atoms with E-state index in [0.717, 1.165) is 0 Å². The summed E-state index contributed by atoms with van der Waals surface area (Å²) < 4.78 is 39.8. The van der Waals surface area contributed by atoms with E-state index in [1.54, 1.807) is 30.3 Å². The van der Waals surface area contributed by atoms with Crippen LogP contribution in [0, 0.1) is 11.9 Å². The Labute approximate surface area is 162 Å². The topological polar surface area (TPSA) is 82.6 Å². The van der Waals surface area contributed by atoms with Crippen LogP contribution in [0.2, 0.25) is 5.15 Å². The van der Waals surface area contributed by atoms with E-state index in [4.69, 9.17) is 26.8 Å². The van der Waals surface area contributed by atoms with Crippen LogP contribution in [0.5, 0.6) is 11.5 Å². The summed E-state index contributed by atoms with van der Waals surface area (Å²) in [6.45, 7) is 0.0148. The summed E-state index contributed by atoms with van der Waals surface area (Å²) in [5.74, 6) is -1.24. The summed E-state index contributed by atoms with van der Waals surface area (Å²) in [6.07, 6.45) is 1.37. The summed E-state index contributed by atoms with van der Waals surface area (Å²) in [6, 6.07) is 9.63. The fourth-order valence-corrected chi connectivity index (χ4v) is 3.73. The first kappa shape index (κ1) is 16.9. The maximum absolute atomic E-state index is 14.5. The second-order valence-corrected chi connectivity index (χ2v) is 6.75. The Balaban J connectivity index is 1.78. The molecule has 0 amide bonds. The monoisotopic (exact) mass is 400 g/mol. The molecule has 0 fully saturated rings. The van der Waals surface area contributed by atoms with Gasteiger partial charge in [-0.2, -0.15) is 8.78 Å². The molecule has 2 N–H and O–H groups in total. The molecule has 0 radical (unpaired) electrons. The fraction of sp³-hybridized carbons (Fsp3) is 0.105. The van der Waals surface area contributed by atoms with Crippen molar-refractivity contribution in [2.24, 2.45) is 10.7 Å². The van der Waals surface area contributed by atoms with Crippen LogP contribution in [-0.4, -0.2) is 22.6 Å². The third kappa shape index (κ3) is 2.34. The van der Waals surface area contributed by atoms with Gasteiger partial charge in [0.15, 0.2) is 11.3 Å². The third-order valence-electron chi connectivity index (χ3n) is 4.78. The largest absolute Gasteiger partial charge is 0.462 e. The molecule has 3 aromatic rings. The lowest BCUT2D eigenvalue weighted by Crippen LogP contribution is -2.31. The molecule has 6 nitrogen and oxygen atoms in total. The lowest BCUT2D eigenvalue weighted by molar-refractivity contribution is 0.261. The molecule has 28 heavy (non-hydrogen) atoms. The lowest BCUT2D eigenvalue weighted by Gasteiger charge is -2.33. The number of hydrogen-bond acceptors (Lipinski definition) is 6. The molecule has 5 rings (SSSR count). The Morgan fingerprint density at radius 3 is 2.71 bits per heavy atom. The number of rotatable bonds is 1. The van der Waals surface area contributed by atoms with Gasteiger partial charge in [-0.15, -0.1) is 0 Å². The van der Waals surface area contributed by atoms with Gasteiger partial charge in [0.2, 0.25) is 5.95 Å². The van der Waals surface area contributed by atoms with E-state index in [1.165, 1.54) is 12.3 Å². The van der Waals surface area contributed by atoms with Crippen LogP contribution in [0.1, 0.15) is 11.1 Å². The number of nitrogens with zero attached hydrogens (tertiary/aromatic N) is 3. The van der Waals surface area contributed by atoms with Crippen molar-refractivity contribution in [3.05, 3.63) is 70.8 Å². The molecule has 0 unspecified atom stereocenters.